The van der Waals surface area contributed by atoms with Crippen LogP contribution in [-0.4, -0.2) is 30.3 Å². The van der Waals surface area contributed by atoms with E-state index in [2.05, 4.69) is 26.6 Å². The molecule has 0 fully saturated rings. The lowest BCUT2D eigenvalue weighted by molar-refractivity contribution is -0.120. The second-order valence-electron chi connectivity index (χ2n) is 4.20. The fourth-order valence-corrected chi connectivity index (χ4v) is 1.68. The zero-order valence-electron chi connectivity index (χ0n) is 11.6. The van der Waals surface area contributed by atoms with Gasteiger partial charge in [0, 0.05) is 24.7 Å². The van der Waals surface area contributed by atoms with Gasteiger partial charge in [-0.3, -0.25) is 9.59 Å². The first-order chi connectivity index (χ1) is 9.56. The molecular formula is C14H19BrN2O3. The van der Waals surface area contributed by atoms with Crippen LogP contribution in [0.25, 0.3) is 0 Å². The third-order valence-electron chi connectivity index (χ3n) is 2.65. The predicted molar refractivity (Wildman–Crippen MR) is 82.3 cm³/mol. The molecule has 0 saturated carbocycles. The smallest absolute Gasteiger partial charge is 0.233 e. The van der Waals surface area contributed by atoms with E-state index in [1.165, 1.54) is 0 Å². The van der Waals surface area contributed by atoms with Crippen LogP contribution >= 0.6 is 15.9 Å². The molecule has 1 atom stereocenters. The maximum Gasteiger partial charge on any atom is 0.233 e. The zero-order valence-corrected chi connectivity index (χ0v) is 13.2. The van der Waals surface area contributed by atoms with Crippen molar-refractivity contribution in [1.82, 2.24) is 5.32 Å². The van der Waals surface area contributed by atoms with Crippen LogP contribution in [0.5, 0.6) is 5.75 Å². The summed E-state index contributed by atoms with van der Waals surface area (Å²) in [6.07, 6.45) is 0.939. The number of nitrogens with one attached hydrogen (secondary N) is 2. The summed E-state index contributed by atoms with van der Waals surface area (Å²) in [5.74, 6) is 0.434. The third-order valence-corrected chi connectivity index (χ3v) is 3.71. The first-order valence-corrected chi connectivity index (χ1v) is 7.34. The van der Waals surface area contributed by atoms with E-state index in [1.54, 1.807) is 31.4 Å². The van der Waals surface area contributed by atoms with Gasteiger partial charge in [-0.05, 0) is 18.6 Å². The van der Waals surface area contributed by atoms with Crippen LogP contribution < -0.4 is 15.4 Å². The maximum absolute atomic E-state index is 11.7. The molecule has 1 rings (SSSR count). The number of hydrogen-bond acceptors (Lipinski definition) is 3. The van der Waals surface area contributed by atoms with E-state index in [0.29, 0.717) is 24.4 Å². The monoisotopic (exact) mass is 342 g/mol. The van der Waals surface area contributed by atoms with Gasteiger partial charge in [-0.25, -0.2) is 0 Å². The van der Waals surface area contributed by atoms with E-state index >= 15 is 0 Å². The van der Waals surface area contributed by atoms with Gasteiger partial charge < -0.3 is 15.4 Å². The Kier molecular flexibility index (Phi) is 7.08. The van der Waals surface area contributed by atoms with Gasteiger partial charge in [0.25, 0.3) is 0 Å². The first kappa shape index (κ1) is 16.5. The molecule has 2 amide bonds. The fraction of sp³-hybridized carbons (Fsp3) is 0.429. The number of amides is 2. The minimum absolute atomic E-state index is 0.0957. The molecule has 0 aliphatic carbocycles. The van der Waals surface area contributed by atoms with Gasteiger partial charge in [0.15, 0.2) is 0 Å². The van der Waals surface area contributed by atoms with Crippen LogP contribution in [0.1, 0.15) is 19.8 Å². The minimum atomic E-state index is -0.205. The Labute approximate surface area is 127 Å². The molecule has 20 heavy (non-hydrogen) atoms. The SMILES string of the molecule is CC[C@H](Br)C(=O)NCCC(=O)Nc1cccc(OC)c1. The normalized spacial score (nSPS) is 11.6. The number of hydrogen-bond donors (Lipinski definition) is 2. The Balaban J connectivity index is 2.35. The highest BCUT2D eigenvalue weighted by Gasteiger charge is 2.12. The number of methoxy groups -OCH3 is 1. The lowest BCUT2D eigenvalue weighted by Gasteiger charge is -2.09. The quantitative estimate of drug-likeness (QED) is 0.747. The van der Waals surface area contributed by atoms with Crippen molar-refractivity contribution < 1.29 is 14.3 Å². The number of carbonyl (C=O) groups excluding carboxylic acids is 2. The predicted octanol–water partition coefficient (Wildman–Crippen LogP) is 2.31. The van der Waals surface area contributed by atoms with Gasteiger partial charge in [-0.2, -0.15) is 0 Å². The van der Waals surface area contributed by atoms with E-state index in [1.807, 2.05) is 6.92 Å². The number of benzene rings is 1. The summed E-state index contributed by atoms with van der Waals surface area (Å²) in [4.78, 5) is 23.0. The minimum Gasteiger partial charge on any atom is -0.497 e. The maximum atomic E-state index is 11.7. The summed E-state index contributed by atoms with van der Waals surface area (Å²) in [5.41, 5.74) is 0.674. The molecule has 0 aromatic heterocycles. The van der Waals surface area contributed by atoms with Crippen LogP contribution in [0.4, 0.5) is 5.69 Å². The van der Waals surface area contributed by atoms with Crippen molar-refractivity contribution in [3.63, 3.8) is 0 Å². The average Bonchev–Trinajstić information content (AvgIpc) is 2.46. The number of anilines is 1. The van der Waals surface area contributed by atoms with Crippen molar-refractivity contribution in [2.75, 3.05) is 19.0 Å². The summed E-state index contributed by atoms with van der Waals surface area (Å²) in [5, 5.41) is 5.45. The van der Waals surface area contributed by atoms with Gasteiger partial charge in [-0.1, -0.05) is 28.9 Å². The van der Waals surface area contributed by atoms with Crippen molar-refractivity contribution in [3.05, 3.63) is 24.3 Å². The Morgan fingerprint density at radius 3 is 2.80 bits per heavy atom. The number of halogens is 1. The van der Waals surface area contributed by atoms with Crippen LogP contribution in [0, 0.1) is 0 Å². The van der Waals surface area contributed by atoms with Crippen LogP contribution in [0.2, 0.25) is 0 Å². The highest BCUT2D eigenvalue weighted by atomic mass is 79.9. The molecule has 110 valence electrons. The van der Waals surface area contributed by atoms with Gasteiger partial charge in [-0.15, -0.1) is 0 Å². The van der Waals surface area contributed by atoms with Crippen molar-refractivity contribution in [2.45, 2.75) is 24.6 Å². The number of alkyl halides is 1. The average molecular weight is 343 g/mol. The standard InChI is InChI=1S/C14H19BrN2O3/c1-3-12(15)14(19)16-8-7-13(18)17-10-5-4-6-11(9-10)20-2/h4-6,9,12H,3,7-8H2,1-2H3,(H,16,19)(H,17,18)/t12-/m0/s1. The highest BCUT2D eigenvalue weighted by molar-refractivity contribution is 9.10. The molecule has 0 unspecified atom stereocenters. The summed E-state index contributed by atoms with van der Waals surface area (Å²) in [7, 11) is 1.57. The summed E-state index contributed by atoms with van der Waals surface area (Å²) < 4.78 is 5.07. The molecule has 0 saturated heterocycles. The molecule has 0 spiro atoms. The zero-order chi connectivity index (χ0) is 15.0. The number of carbonyl (C=O) groups is 2. The molecular weight excluding hydrogens is 324 g/mol. The third kappa shape index (κ3) is 5.61. The molecule has 1 aromatic rings. The molecule has 0 radical (unpaired) electrons. The molecule has 0 bridgehead atoms. The second-order valence-corrected chi connectivity index (χ2v) is 5.30. The molecule has 5 nitrogen and oxygen atoms in total. The molecule has 0 heterocycles. The van der Waals surface area contributed by atoms with Crippen molar-refractivity contribution in [1.29, 1.82) is 0 Å². The fourth-order valence-electron chi connectivity index (χ4n) is 1.52. The van der Waals surface area contributed by atoms with Gasteiger partial charge in [0.2, 0.25) is 11.8 Å². The van der Waals surface area contributed by atoms with E-state index in [-0.39, 0.29) is 23.1 Å². The Bertz CT molecular complexity index is 465. The molecule has 0 aliphatic heterocycles. The summed E-state index contributed by atoms with van der Waals surface area (Å²) >= 11 is 3.25. The lowest BCUT2D eigenvalue weighted by Crippen LogP contribution is -2.33. The summed E-state index contributed by atoms with van der Waals surface area (Å²) in [6, 6.07) is 7.12. The Morgan fingerprint density at radius 1 is 1.40 bits per heavy atom. The van der Waals surface area contributed by atoms with Crippen LogP contribution in [0.3, 0.4) is 0 Å². The highest BCUT2D eigenvalue weighted by Crippen LogP contribution is 2.16. The number of ether oxygens (including phenoxy) is 1. The summed E-state index contributed by atoms with van der Waals surface area (Å²) in [6.45, 7) is 2.23. The van der Waals surface area contributed by atoms with Gasteiger partial charge >= 0.3 is 0 Å². The van der Waals surface area contributed by atoms with Crippen molar-refractivity contribution in [3.8, 4) is 5.75 Å². The second kappa shape index (κ2) is 8.58. The van der Waals surface area contributed by atoms with E-state index in [0.717, 1.165) is 0 Å². The number of rotatable bonds is 7. The Hall–Kier alpha value is -1.56. The topological polar surface area (TPSA) is 67.4 Å². The Morgan fingerprint density at radius 2 is 2.15 bits per heavy atom. The van der Waals surface area contributed by atoms with Crippen LogP contribution in [0.15, 0.2) is 24.3 Å². The largest absolute Gasteiger partial charge is 0.497 e. The van der Waals surface area contributed by atoms with Crippen LogP contribution in [-0.2, 0) is 9.59 Å². The van der Waals surface area contributed by atoms with E-state index < -0.39 is 0 Å². The molecule has 2 N–H and O–H groups in total. The molecule has 1 aromatic carbocycles. The molecule has 6 heteroatoms. The van der Waals surface area contributed by atoms with Crippen molar-refractivity contribution in [2.24, 2.45) is 0 Å². The van der Waals surface area contributed by atoms with E-state index in [4.69, 9.17) is 4.74 Å². The van der Waals surface area contributed by atoms with Gasteiger partial charge in [0.1, 0.15) is 5.75 Å². The van der Waals surface area contributed by atoms with E-state index in [9.17, 15) is 9.59 Å². The first-order valence-electron chi connectivity index (χ1n) is 6.42. The van der Waals surface area contributed by atoms with Crippen molar-refractivity contribution >= 4 is 33.4 Å². The lowest BCUT2D eigenvalue weighted by atomic mass is 10.3. The van der Waals surface area contributed by atoms with Gasteiger partial charge in [0.05, 0.1) is 11.9 Å². The molecule has 0 aliphatic rings.